The quantitative estimate of drug-likeness (QED) is 0.565. The molecule has 1 saturated carbocycles. The highest BCUT2D eigenvalue weighted by molar-refractivity contribution is 6.31. The SMILES string of the molecule is CCNC(=O)OC1CCCC(Nc2nc(C3=CNC4NC=C(Cl)C=C34)ncc2F)C1. The minimum absolute atomic E-state index is 0.0493. The van der Waals surface area contributed by atoms with Gasteiger partial charge in [-0.15, -0.1) is 0 Å². The molecule has 30 heavy (non-hydrogen) atoms. The van der Waals surface area contributed by atoms with Crippen LogP contribution in [-0.2, 0) is 4.74 Å². The number of carbonyl (C=O) groups is 1. The number of hydrogen-bond donors (Lipinski definition) is 4. The van der Waals surface area contributed by atoms with Crippen LogP contribution in [0, 0.1) is 5.82 Å². The molecule has 0 saturated heterocycles. The van der Waals surface area contributed by atoms with Crippen molar-refractivity contribution in [2.24, 2.45) is 0 Å². The summed E-state index contributed by atoms with van der Waals surface area (Å²) in [6.45, 7) is 2.35. The van der Waals surface area contributed by atoms with Crippen LogP contribution in [0.15, 0.2) is 35.3 Å². The highest BCUT2D eigenvalue weighted by Crippen LogP contribution is 2.32. The number of dihydropyridines is 1. The van der Waals surface area contributed by atoms with Gasteiger partial charge in [-0.25, -0.2) is 19.2 Å². The maximum Gasteiger partial charge on any atom is 0.407 e. The predicted molar refractivity (Wildman–Crippen MR) is 112 cm³/mol. The summed E-state index contributed by atoms with van der Waals surface area (Å²) < 4.78 is 19.9. The Hall–Kier alpha value is -2.81. The Bertz CT molecular complexity index is 919. The standard InChI is InChI=1S/C20H24ClFN6O2/c1-2-23-20(29)30-13-5-3-4-12(7-13)27-19-16(22)10-26-18(28-19)15-9-25-17-14(15)6-11(21)8-24-17/h6,8-10,12-13,17,24-25H,2-5,7H2,1H3,(H,23,29)(H,26,27,28). The number of amides is 1. The summed E-state index contributed by atoms with van der Waals surface area (Å²) in [4.78, 5) is 20.3. The molecule has 3 unspecified atom stereocenters. The zero-order valence-electron chi connectivity index (χ0n) is 16.5. The van der Waals surface area contributed by atoms with Gasteiger partial charge < -0.3 is 26.0 Å². The fourth-order valence-electron chi connectivity index (χ4n) is 3.85. The number of carbonyl (C=O) groups excluding carboxylic acids is 1. The number of anilines is 1. The van der Waals surface area contributed by atoms with E-state index in [4.69, 9.17) is 16.3 Å². The monoisotopic (exact) mass is 434 g/mol. The van der Waals surface area contributed by atoms with E-state index < -0.39 is 11.9 Å². The predicted octanol–water partition coefficient (Wildman–Crippen LogP) is 2.96. The molecule has 3 heterocycles. The molecule has 1 amide bonds. The molecule has 0 spiro atoms. The van der Waals surface area contributed by atoms with Crippen LogP contribution >= 0.6 is 11.6 Å². The summed E-state index contributed by atoms with van der Waals surface area (Å²) in [5.41, 5.74) is 1.65. The van der Waals surface area contributed by atoms with Gasteiger partial charge in [0.15, 0.2) is 17.5 Å². The molecular formula is C20H24ClFN6O2. The van der Waals surface area contributed by atoms with E-state index in [0.29, 0.717) is 23.8 Å². The van der Waals surface area contributed by atoms with Crippen molar-refractivity contribution in [2.75, 3.05) is 11.9 Å². The largest absolute Gasteiger partial charge is 0.446 e. The highest BCUT2D eigenvalue weighted by Gasteiger charge is 2.29. The number of ether oxygens (including phenoxy) is 1. The number of nitrogens with one attached hydrogen (secondary N) is 4. The van der Waals surface area contributed by atoms with Gasteiger partial charge in [0.1, 0.15) is 12.3 Å². The molecule has 10 heteroatoms. The average Bonchev–Trinajstić information content (AvgIpc) is 3.13. The van der Waals surface area contributed by atoms with E-state index in [1.807, 2.05) is 13.0 Å². The maximum atomic E-state index is 14.4. The van der Waals surface area contributed by atoms with Gasteiger partial charge in [0.2, 0.25) is 0 Å². The van der Waals surface area contributed by atoms with Gasteiger partial charge in [-0.2, -0.15) is 0 Å². The van der Waals surface area contributed by atoms with Crippen LogP contribution in [0.2, 0.25) is 0 Å². The van der Waals surface area contributed by atoms with Gasteiger partial charge in [-0.3, -0.25) is 0 Å². The number of hydrogen-bond acceptors (Lipinski definition) is 7. The van der Waals surface area contributed by atoms with Crippen molar-refractivity contribution in [1.29, 1.82) is 0 Å². The van der Waals surface area contributed by atoms with Crippen LogP contribution in [0.25, 0.3) is 5.57 Å². The van der Waals surface area contributed by atoms with Crippen LogP contribution in [0.3, 0.4) is 0 Å². The van der Waals surface area contributed by atoms with Crippen LogP contribution in [-0.4, -0.2) is 40.9 Å². The zero-order valence-corrected chi connectivity index (χ0v) is 17.3. The lowest BCUT2D eigenvalue weighted by molar-refractivity contribution is 0.0727. The van der Waals surface area contributed by atoms with E-state index in [1.165, 1.54) is 6.20 Å². The summed E-state index contributed by atoms with van der Waals surface area (Å²) in [5, 5.41) is 12.7. The second-order valence-electron chi connectivity index (χ2n) is 7.41. The van der Waals surface area contributed by atoms with E-state index in [-0.39, 0.29) is 24.1 Å². The molecule has 0 radical (unpaired) electrons. The molecule has 0 bridgehead atoms. The molecule has 8 nitrogen and oxygen atoms in total. The van der Waals surface area contributed by atoms with Crippen molar-refractivity contribution in [3.8, 4) is 0 Å². The lowest BCUT2D eigenvalue weighted by atomic mass is 9.93. The minimum Gasteiger partial charge on any atom is -0.446 e. The first-order valence-electron chi connectivity index (χ1n) is 10.1. The third-order valence-electron chi connectivity index (χ3n) is 5.24. The average molecular weight is 435 g/mol. The topological polar surface area (TPSA) is 100 Å². The van der Waals surface area contributed by atoms with Gasteiger partial charge in [0, 0.05) is 42.6 Å². The molecule has 4 rings (SSSR count). The zero-order chi connectivity index (χ0) is 21.1. The van der Waals surface area contributed by atoms with E-state index in [2.05, 4.69) is 31.2 Å². The molecule has 160 valence electrons. The van der Waals surface area contributed by atoms with Crippen molar-refractivity contribution in [3.63, 3.8) is 0 Å². The Morgan fingerprint density at radius 3 is 3.03 bits per heavy atom. The number of rotatable bonds is 5. The summed E-state index contributed by atoms with van der Waals surface area (Å²) in [6, 6.07) is -0.0493. The van der Waals surface area contributed by atoms with Gasteiger partial charge in [0.05, 0.1) is 11.2 Å². The summed E-state index contributed by atoms with van der Waals surface area (Å²) >= 11 is 6.10. The van der Waals surface area contributed by atoms with Gasteiger partial charge >= 0.3 is 6.09 Å². The Labute approximate surface area is 179 Å². The van der Waals surface area contributed by atoms with E-state index in [0.717, 1.165) is 30.4 Å². The number of halogens is 2. The molecule has 2 aliphatic heterocycles. The molecule has 1 aliphatic carbocycles. The second kappa shape index (κ2) is 8.91. The summed E-state index contributed by atoms with van der Waals surface area (Å²) in [7, 11) is 0. The Morgan fingerprint density at radius 2 is 2.20 bits per heavy atom. The van der Waals surface area contributed by atoms with Gasteiger partial charge in [-0.05, 0) is 32.3 Å². The summed E-state index contributed by atoms with van der Waals surface area (Å²) in [5.74, 6) is 0.0144. The highest BCUT2D eigenvalue weighted by atomic mass is 35.5. The molecule has 1 aromatic rings. The van der Waals surface area contributed by atoms with Crippen LogP contribution in [0.5, 0.6) is 0 Å². The van der Waals surface area contributed by atoms with Crippen LogP contribution < -0.4 is 21.3 Å². The van der Waals surface area contributed by atoms with Crippen molar-refractivity contribution in [3.05, 3.63) is 46.9 Å². The van der Waals surface area contributed by atoms with Crippen LogP contribution in [0.4, 0.5) is 15.0 Å². The van der Waals surface area contributed by atoms with Gasteiger partial charge in [0.25, 0.3) is 0 Å². The molecule has 1 fully saturated rings. The van der Waals surface area contributed by atoms with Crippen LogP contribution in [0.1, 0.15) is 38.4 Å². The number of alkyl carbamates (subject to hydrolysis) is 1. The number of aromatic nitrogens is 2. The first kappa shape index (κ1) is 20.5. The van der Waals surface area contributed by atoms with Crippen molar-refractivity contribution in [2.45, 2.75) is 50.9 Å². The Kier molecular flexibility index (Phi) is 6.08. The van der Waals surface area contributed by atoms with E-state index in [9.17, 15) is 9.18 Å². The van der Waals surface area contributed by atoms with Crippen molar-refractivity contribution in [1.82, 2.24) is 25.9 Å². The normalized spacial score (nSPS) is 25.0. The molecule has 4 N–H and O–H groups in total. The lowest BCUT2D eigenvalue weighted by Gasteiger charge is -2.30. The van der Waals surface area contributed by atoms with E-state index >= 15 is 0 Å². The number of nitrogens with zero attached hydrogens (tertiary/aromatic N) is 2. The fourth-order valence-corrected chi connectivity index (χ4v) is 4.03. The maximum absolute atomic E-state index is 14.4. The Morgan fingerprint density at radius 1 is 1.37 bits per heavy atom. The lowest BCUT2D eigenvalue weighted by Crippen LogP contribution is -2.36. The number of fused-ring (bicyclic) bond motifs is 1. The molecular weight excluding hydrogens is 411 g/mol. The summed E-state index contributed by atoms with van der Waals surface area (Å²) in [6.07, 6.45) is 8.87. The molecule has 3 aliphatic rings. The first-order chi connectivity index (χ1) is 14.5. The van der Waals surface area contributed by atoms with Crippen molar-refractivity contribution >= 4 is 29.1 Å². The minimum atomic E-state index is -0.526. The smallest absolute Gasteiger partial charge is 0.407 e. The third kappa shape index (κ3) is 4.51. The van der Waals surface area contributed by atoms with Crippen molar-refractivity contribution < 1.29 is 13.9 Å². The molecule has 3 atom stereocenters. The third-order valence-corrected chi connectivity index (χ3v) is 5.46. The van der Waals surface area contributed by atoms with E-state index in [1.54, 1.807) is 12.4 Å². The fraction of sp³-hybridized carbons (Fsp3) is 0.450. The first-order valence-corrected chi connectivity index (χ1v) is 10.4. The number of allylic oxidation sites excluding steroid dienone is 2. The second-order valence-corrected chi connectivity index (χ2v) is 7.85. The van der Waals surface area contributed by atoms with Gasteiger partial charge in [-0.1, -0.05) is 11.6 Å². The molecule has 0 aromatic carbocycles. The Balaban J connectivity index is 1.46. The molecule has 1 aromatic heterocycles.